The van der Waals surface area contributed by atoms with Gasteiger partial charge in [-0.15, -0.1) is 0 Å². The number of benzene rings is 2. The first-order valence-electron chi connectivity index (χ1n) is 12.0. The van der Waals surface area contributed by atoms with Crippen molar-refractivity contribution in [3.8, 4) is 17.3 Å². The molecule has 0 aliphatic carbocycles. The Morgan fingerprint density at radius 1 is 1.05 bits per heavy atom. The largest absolute Gasteiger partial charge is 0.491 e. The van der Waals surface area contributed by atoms with Gasteiger partial charge in [0.1, 0.15) is 5.69 Å². The van der Waals surface area contributed by atoms with Crippen LogP contribution >= 0.6 is 0 Å². The summed E-state index contributed by atoms with van der Waals surface area (Å²) in [4.78, 5) is 25.1. The van der Waals surface area contributed by atoms with Crippen LogP contribution in [0.25, 0.3) is 22.4 Å². The summed E-state index contributed by atoms with van der Waals surface area (Å²) >= 11 is 0. The molecule has 1 amide bonds. The minimum Gasteiger partial charge on any atom is -0.491 e. The van der Waals surface area contributed by atoms with Crippen LogP contribution < -0.4 is 15.8 Å². The summed E-state index contributed by atoms with van der Waals surface area (Å²) < 4.78 is 7.43. The number of carbonyl (C=O) groups is 1. The summed E-state index contributed by atoms with van der Waals surface area (Å²) in [5.74, 6) is 0.612. The first-order chi connectivity index (χ1) is 18.1. The van der Waals surface area contributed by atoms with Gasteiger partial charge in [0, 0.05) is 17.8 Å². The normalized spacial score (nSPS) is 11.0. The third kappa shape index (κ3) is 4.97. The number of nitrogens with two attached hydrogens (primary N) is 1. The average molecular weight is 494 g/mol. The Morgan fingerprint density at radius 3 is 2.59 bits per heavy atom. The summed E-state index contributed by atoms with van der Waals surface area (Å²) in [7, 11) is 1.53. The van der Waals surface area contributed by atoms with Crippen molar-refractivity contribution in [2.75, 3.05) is 12.4 Å². The highest BCUT2D eigenvalue weighted by molar-refractivity contribution is 5.99. The molecule has 0 radical (unpaired) electrons. The molecule has 37 heavy (non-hydrogen) atoms. The average Bonchev–Trinajstić information content (AvgIpc) is 3.28. The lowest BCUT2D eigenvalue weighted by atomic mass is 10.1. The first kappa shape index (κ1) is 23.9. The Kier molecular flexibility index (Phi) is 6.76. The van der Waals surface area contributed by atoms with E-state index in [4.69, 9.17) is 20.6 Å². The summed E-state index contributed by atoms with van der Waals surface area (Å²) in [5, 5.41) is 8.98. The molecule has 0 fully saturated rings. The molecule has 186 valence electrons. The van der Waals surface area contributed by atoms with Crippen molar-refractivity contribution < 1.29 is 9.53 Å². The first-order valence-corrected chi connectivity index (χ1v) is 12.0. The lowest BCUT2D eigenvalue weighted by molar-refractivity contribution is 0.100. The maximum atomic E-state index is 11.9. The Morgan fingerprint density at radius 2 is 1.84 bits per heavy atom. The highest BCUT2D eigenvalue weighted by atomic mass is 16.5. The van der Waals surface area contributed by atoms with Crippen molar-refractivity contribution in [3.05, 3.63) is 89.9 Å². The highest BCUT2D eigenvalue weighted by Crippen LogP contribution is 2.31. The van der Waals surface area contributed by atoms with E-state index in [1.54, 1.807) is 18.5 Å². The molecule has 0 spiro atoms. The predicted molar refractivity (Wildman–Crippen MR) is 143 cm³/mol. The minimum atomic E-state index is -0.601. The Labute approximate surface area is 214 Å². The SMILES string of the molecule is CCCc1ccc(Cn2nc(-c3ncc(OC)c(Nc4ccncc4C(N)=O)n3)c3ccccc32)cc1. The molecule has 0 saturated heterocycles. The molecule has 0 saturated carbocycles. The van der Waals surface area contributed by atoms with Gasteiger partial charge in [0.25, 0.3) is 5.91 Å². The topological polar surface area (TPSA) is 121 Å². The van der Waals surface area contributed by atoms with Crippen molar-refractivity contribution in [3.63, 3.8) is 0 Å². The zero-order chi connectivity index (χ0) is 25.8. The quantitative estimate of drug-likeness (QED) is 0.304. The number of hydrogen-bond acceptors (Lipinski definition) is 7. The Hall–Kier alpha value is -4.79. The molecule has 3 heterocycles. The number of aromatic nitrogens is 5. The number of fused-ring (bicyclic) bond motifs is 1. The van der Waals surface area contributed by atoms with Crippen LogP contribution in [0.5, 0.6) is 5.75 Å². The molecule has 0 aliphatic rings. The van der Waals surface area contributed by atoms with E-state index in [0.29, 0.717) is 35.3 Å². The smallest absolute Gasteiger partial charge is 0.252 e. The number of nitrogens with zero attached hydrogens (tertiary/aromatic N) is 5. The number of carbonyl (C=O) groups excluding carboxylic acids is 1. The number of methoxy groups -OCH3 is 1. The second-order valence-corrected chi connectivity index (χ2v) is 8.61. The fourth-order valence-corrected chi connectivity index (χ4v) is 4.24. The number of amides is 1. The van der Waals surface area contributed by atoms with E-state index in [9.17, 15) is 4.79 Å². The van der Waals surface area contributed by atoms with Crippen LogP contribution in [-0.4, -0.2) is 37.7 Å². The van der Waals surface area contributed by atoms with E-state index >= 15 is 0 Å². The number of pyridine rings is 1. The third-order valence-electron chi connectivity index (χ3n) is 6.08. The fourth-order valence-electron chi connectivity index (χ4n) is 4.24. The third-order valence-corrected chi connectivity index (χ3v) is 6.08. The molecule has 0 bridgehead atoms. The molecule has 9 nitrogen and oxygen atoms in total. The van der Waals surface area contributed by atoms with Crippen molar-refractivity contribution in [2.45, 2.75) is 26.3 Å². The molecule has 5 rings (SSSR count). The van der Waals surface area contributed by atoms with Gasteiger partial charge in [-0.1, -0.05) is 55.8 Å². The lowest BCUT2D eigenvalue weighted by Gasteiger charge is -2.12. The van der Waals surface area contributed by atoms with Crippen LogP contribution in [0.2, 0.25) is 0 Å². The van der Waals surface area contributed by atoms with E-state index in [-0.39, 0.29) is 5.56 Å². The number of ether oxygens (including phenoxy) is 1. The minimum absolute atomic E-state index is 0.240. The van der Waals surface area contributed by atoms with Crippen LogP contribution in [-0.2, 0) is 13.0 Å². The monoisotopic (exact) mass is 493 g/mol. The van der Waals surface area contributed by atoms with Gasteiger partial charge in [-0.05, 0) is 29.7 Å². The number of para-hydroxylation sites is 1. The van der Waals surface area contributed by atoms with Crippen molar-refractivity contribution in [2.24, 2.45) is 5.73 Å². The molecule has 5 aromatic rings. The molecule has 3 aromatic heterocycles. The van der Waals surface area contributed by atoms with Gasteiger partial charge < -0.3 is 15.8 Å². The molecule has 0 atom stereocenters. The fraction of sp³-hybridized carbons (Fsp3) is 0.179. The van der Waals surface area contributed by atoms with Gasteiger partial charge in [0.2, 0.25) is 0 Å². The van der Waals surface area contributed by atoms with E-state index in [2.05, 4.69) is 46.5 Å². The van der Waals surface area contributed by atoms with Gasteiger partial charge in [-0.3, -0.25) is 14.5 Å². The Bertz CT molecular complexity index is 1560. The number of nitrogens with one attached hydrogen (secondary N) is 1. The summed E-state index contributed by atoms with van der Waals surface area (Å²) in [5.41, 5.74) is 10.3. The standard InChI is InChI=1S/C28H27N7O2/c1-3-6-18-9-11-19(12-10-18)17-35-23-8-5-4-7-20(23)25(34-35)28-31-16-24(37-2)27(33-28)32-22-13-14-30-15-21(22)26(29)36/h4-5,7-16H,3,6,17H2,1-2H3,(H2,29,36)(H,30,31,32,33). The molecule has 2 aromatic carbocycles. The molecule has 0 aliphatic heterocycles. The summed E-state index contributed by atoms with van der Waals surface area (Å²) in [6.45, 7) is 2.80. The van der Waals surface area contributed by atoms with Gasteiger partial charge in [0.05, 0.1) is 36.6 Å². The van der Waals surface area contributed by atoms with Crippen LogP contribution in [0.15, 0.2) is 73.2 Å². The zero-order valence-electron chi connectivity index (χ0n) is 20.7. The van der Waals surface area contributed by atoms with Gasteiger partial charge >= 0.3 is 0 Å². The van der Waals surface area contributed by atoms with Gasteiger partial charge in [-0.25, -0.2) is 9.97 Å². The Balaban J connectivity index is 1.53. The molecule has 3 N–H and O–H groups in total. The van der Waals surface area contributed by atoms with Crippen molar-refractivity contribution in [1.82, 2.24) is 24.7 Å². The number of primary amides is 1. The maximum absolute atomic E-state index is 11.9. The van der Waals surface area contributed by atoms with Crippen LogP contribution in [0, 0.1) is 0 Å². The predicted octanol–water partition coefficient (Wildman–Crippen LogP) is 4.74. The molecular weight excluding hydrogens is 466 g/mol. The molecule has 9 heteroatoms. The molecular formula is C28H27N7O2. The van der Waals surface area contributed by atoms with Gasteiger partial charge in [-0.2, -0.15) is 5.10 Å². The van der Waals surface area contributed by atoms with Crippen LogP contribution in [0.4, 0.5) is 11.5 Å². The van der Waals surface area contributed by atoms with Crippen molar-refractivity contribution >= 4 is 28.3 Å². The van der Waals surface area contributed by atoms with Gasteiger partial charge in [0.15, 0.2) is 17.4 Å². The van der Waals surface area contributed by atoms with E-state index in [1.807, 2.05) is 28.9 Å². The number of anilines is 2. The second kappa shape index (κ2) is 10.4. The summed E-state index contributed by atoms with van der Waals surface area (Å²) in [6.07, 6.45) is 6.74. The maximum Gasteiger partial charge on any atom is 0.252 e. The highest BCUT2D eigenvalue weighted by Gasteiger charge is 2.18. The van der Waals surface area contributed by atoms with E-state index in [0.717, 1.165) is 29.3 Å². The van der Waals surface area contributed by atoms with Crippen molar-refractivity contribution in [1.29, 1.82) is 0 Å². The number of aryl methyl sites for hydroxylation is 1. The van der Waals surface area contributed by atoms with Crippen LogP contribution in [0.3, 0.4) is 0 Å². The van der Waals surface area contributed by atoms with E-state index in [1.165, 1.54) is 18.9 Å². The van der Waals surface area contributed by atoms with E-state index < -0.39 is 5.91 Å². The number of hydrogen-bond donors (Lipinski definition) is 2. The zero-order valence-corrected chi connectivity index (χ0v) is 20.7. The van der Waals surface area contributed by atoms with Crippen LogP contribution in [0.1, 0.15) is 34.8 Å². The lowest BCUT2D eigenvalue weighted by Crippen LogP contribution is -2.14. The summed E-state index contributed by atoms with van der Waals surface area (Å²) in [6, 6.07) is 18.3. The second-order valence-electron chi connectivity index (χ2n) is 8.61. The number of rotatable bonds is 9. The molecule has 0 unspecified atom stereocenters.